The average Bonchev–Trinajstić information content (AvgIpc) is 3.28. The summed E-state index contributed by atoms with van der Waals surface area (Å²) in [5.74, 6) is -0.00572. The summed E-state index contributed by atoms with van der Waals surface area (Å²) in [7, 11) is 1.49. The van der Waals surface area contributed by atoms with E-state index in [1.807, 2.05) is 12.1 Å². The van der Waals surface area contributed by atoms with E-state index >= 15 is 0 Å². The molecule has 6 nitrogen and oxygen atoms in total. The molecule has 1 aromatic rings. The van der Waals surface area contributed by atoms with E-state index in [-0.39, 0.29) is 23.1 Å². The average molecular weight is 331 g/mol. The lowest BCUT2D eigenvalue weighted by Gasteiger charge is -2.23. The Labute approximate surface area is 142 Å². The van der Waals surface area contributed by atoms with Crippen molar-refractivity contribution in [1.29, 1.82) is 0 Å². The number of nitrogens with one attached hydrogen (secondary N) is 3. The van der Waals surface area contributed by atoms with E-state index in [9.17, 15) is 9.59 Å². The summed E-state index contributed by atoms with van der Waals surface area (Å²) in [6.07, 6.45) is 2.63. The van der Waals surface area contributed by atoms with Crippen LogP contribution in [0.25, 0.3) is 0 Å². The number of carbonyl (C=O) groups excluding carboxylic acids is 2. The van der Waals surface area contributed by atoms with E-state index in [1.54, 1.807) is 19.1 Å². The fourth-order valence-corrected chi connectivity index (χ4v) is 3.45. The number of methoxy groups -OCH3 is 1. The minimum Gasteiger partial charge on any atom is -0.372 e. The first kappa shape index (κ1) is 16.9. The molecule has 1 aliphatic carbocycles. The van der Waals surface area contributed by atoms with E-state index in [0.717, 1.165) is 32.4 Å². The second kappa shape index (κ2) is 6.91. The molecule has 6 heteroatoms. The molecule has 2 amide bonds. The molecule has 1 aromatic carbocycles. The Morgan fingerprint density at radius 1 is 1.25 bits per heavy atom. The quantitative estimate of drug-likeness (QED) is 0.771. The highest BCUT2D eigenvalue weighted by atomic mass is 16.5. The normalized spacial score (nSPS) is 22.7. The largest absolute Gasteiger partial charge is 0.372 e. The molecule has 2 atom stereocenters. The van der Waals surface area contributed by atoms with E-state index in [2.05, 4.69) is 16.0 Å². The molecule has 2 aliphatic rings. The molecule has 1 saturated heterocycles. The SMILES string of the molecule is COC(C)C(=O)Nc1cccc(NC(=O)C2CC23CCNCC3)c1. The van der Waals surface area contributed by atoms with Crippen molar-refractivity contribution in [3.63, 3.8) is 0 Å². The summed E-state index contributed by atoms with van der Waals surface area (Å²) < 4.78 is 5.00. The molecule has 2 unspecified atom stereocenters. The van der Waals surface area contributed by atoms with Crippen LogP contribution in [0.3, 0.4) is 0 Å². The van der Waals surface area contributed by atoms with Crippen LogP contribution in [0.2, 0.25) is 0 Å². The number of hydrogen-bond acceptors (Lipinski definition) is 4. The maximum absolute atomic E-state index is 12.5. The monoisotopic (exact) mass is 331 g/mol. The Balaban J connectivity index is 1.59. The molecule has 1 spiro atoms. The van der Waals surface area contributed by atoms with Gasteiger partial charge in [0.2, 0.25) is 5.91 Å². The third kappa shape index (κ3) is 3.60. The summed E-state index contributed by atoms with van der Waals surface area (Å²) >= 11 is 0. The van der Waals surface area contributed by atoms with Crippen molar-refractivity contribution in [3.05, 3.63) is 24.3 Å². The number of piperidine rings is 1. The molecule has 3 N–H and O–H groups in total. The fourth-order valence-electron chi connectivity index (χ4n) is 3.45. The molecule has 1 saturated carbocycles. The van der Waals surface area contributed by atoms with Crippen LogP contribution >= 0.6 is 0 Å². The van der Waals surface area contributed by atoms with Crippen molar-refractivity contribution in [2.45, 2.75) is 32.3 Å². The molecule has 0 aromatic heterocycles. The molecule has 2 fully saturated rings. The van der Waals surface area contributed by atoms with Gasteiger partial charge >= 0.3 is 0 Å². The van der Waals surface area contributed by atoms with Gasteiger partial charge in [-0.2, -0.15) is 0 Å². The van der Waals surface area contributed by atoms with E-state index in [4.69, 9.17) is 4.74 Å². The van der Waals surface area contributed by atoms with E-state index < -0.39 is 6.10 Å². The van der Waals surface area contributed by atoms with Crippen LogP contribution in [-0.4, -0.2) is 38.1 Å². The Kier molecular flexibility index (Phi) is 4.87. The van der Waals surface area contributed by atoms with E-state index in [0.29, 0.717) is 11.4 Å². The van der Waals surface area contributed by atoms with Gasteiger partial charge in [-0.1, -0.05) is 6.07 Å². The highest BCUT2D eigenvalue weighted by Gasteiger charge is 2.57. The summed E-state index contributed by atoms with van der Waals surface area (Å²) in [6.45, 7) is 3.69. The lowest BCUT2D eigenvalue weighted by molar-refractivity contribution is -0.124. The minimum atomic E-state index is -0.519. The number of anilines is 2. The van der Waals surface area contributed by atoms with Gasteiger partial charge in [0.05, 0.1) is 0 Å². The zero-order valence-corrected chi connectivity index (χ0v) is 14.2. The Hall–Kier alpha value is -1.92. The Morgan fingerprint density at radius 3 is 2.58 bits per heavy atom. The van der Waals surface area contributed by atoms with Gasteiger partial charge in [-0.15, -0.1) is 0 Å². The van der Waals surface area contributed by atoms with Crippen molar-refractivity contribution < 1.29 is 14.3 Å². The molecule has 1 heterocycles. The van der Waals surface area contributed by atoms with Crippen LogP contribution in [0.1, 0.15) is 26.2 Å². The maximum atomic E-state index is 12.5. The third-order valence-corrected chi connectivity index (χ3v) is 5.23. The molecule has 24 heavy (non-hydrogen) atoms. The molecular formula is C18H25N3O3. The van der Waals surface area contributed by atoms with Crippen LogP contribution in [0.15, 0.2) is 24.3 Å². The number of carbonyl (C=O) groups is 2. The summed E-state index contributed by atoms with van der Waals surface area (Å²) in [5.41, 5.74) is 1.57. The zero-order chi connectivity index (χ0) is 17.2. The molecule has 130 valence electrons. The van der Waals surface area contributed by atoms with Crippen LogP contribution in [0.4, 0.5) is 11.4 Å². The summed E-state index contributed by atoms with van der Waals surface area (Å²) in [5, 5.41) is 9.12. The molecule has 0 radical (unpaired) electrons. The maximum Gasteiger partial charge on any atom is 0.253 e. The van der Waals surface area contributed by atoms with Crippen molar-refractivity contribution in [3.8, 4) is 0 Å². The van der Waals surface area contributed by atoms with E-state index in [1.165, 1.54) is 7.11 Å². The molecule has 0 bridgehead atoms. The van der Waals surface area contributed by atoms with Gasteiger partial charge in [0, 0.05) is 24.4 Å². The van der Waals surface area contributed by atoms with Gasteiger partial charge < -0.3 is 20.7 Å². The van der Waals surface area contributed by atoms with Gasteiger partial charge in [-0.25, -0.2) is 0 Å². The van der Waals surface area contributed by atoms with Crippen molar-refractivity contribution >= 4 is 23.2 Å². The first-order valence-electron chi connectivity index (χ1n) is 8.49. The first-order valence-corrected chi connectivity index (χ1v) is 8.49. The van der Waals surface area contributed by atoms with Crippen molar-refractivity contribution in [2.24, 2.45) is 11.3 Å². The number of rotatable bonds is 5. The smallest absolute Gasteiger partial charge is 0.253 e. The third-order valence-electron chi connectivity index (χ3n) is 5.23. The number of hydrogen-bond donors (Lipinski definition) is 3. The van der Waals surface area contributed by atoms with Gasteiger partial charge in [-0.05, 0) is 62.9 Å². The number of ether oxygens (including phenoxy) is 1. The van der Waals surface area contributed by atoms with Gasteiger partial charge in [0.15, 0.2) is 0 Å². The van der Waals surface area contributed by atoms with Crippen molar-refractivity contribution in [2.75, 3.05) is 30.8 Å². The minimum absolute atomic E-state index is 0.0886. The predicted octanol–water partition coefficient (Wildman–Crippen LogP) is 1.99. The zero-order valence-electron chi connectivity index (χ0n) is 14.2. The molecular weight excluding hydrogens is 306 g/mol. The summed E-state index contributed by atoms with van der Waals surface area (Å²) in [6, 6.07) is 7.22. The van der Waals surface area contributed by atoms with Crippen molar-refractivity contribution in [1.82, 2.24) is 5.32 Å². The van der Waals surface area contributed by atoms with Gasteiger partial charge in [-0.3, -0.25) is 9.59 Å². The first-order chi connectivity index (χ1) is 11.5. The molecule has 3 rings (SSSR count). The van der Waals surface area contributed by atoms with Crippen LogP contribution in [0, 0.1) is 11.3 Å². The predicted molar refractivity (Wildman–Crippen MR) is 92.8 cm³/mol. The second-order valence-electron chi connectivity index (χ2n) is 6.81. The summed E-state index contributed by atoms with van der Waals surface area (Å²) in [4.78, 5) is 24.4. The lowest BCUT2D eigenvalue weighted by Crippen LogP contribution is -2.31. The lowest BCUT2D eigenvalue weighted by atomic mass is 9.92. The standard InChI is InChI=1S/C18H25N3O3/c1-12(24-2)16(22)20-13-4-3-5-14(10-13)21-17(23)15-11-18(15)6-8-19-9-7-18/h3-5,10,12,15,19H,6-9,11H2,1-2H3,(H,20,22)(H,21,23). The highest BCUT2D eigenvalue weighted by molar-refractivity contribution is 5.97. The number of amides is 2. The molecule has 1 aliphatic heterocycles. The fraction of sp³-hybridized carbons (Fsp3) is 0.556. The van der Waals surface area contributed by atoms with Crippen LogP contribution in [-0.2, 0) is 14.3 Å². The Bertz CT molecular complexity index is 626. The second-order valence-corrected chi connectivity index (χ2v) is 6.81. The van der Waals surface area contributed by atoms with Crippen LogP contribution in [0.5, 0.6) is 0 Å². The van der Waals surface area contributed by atoms with Crippen LogP contribution < -0.4 is 16.0 Å². The van der Waals surface area contributed by atoms with Gasteiger partial charge in [0.25, 0.3) is 5.91 Å². The highest BCUT2D eigenvalue weighted by Crippen LogP contribution is 2.58. The Morgan fingerprint density at radius 2 is 1.92 bits per heavy atom. The number of benzene rings is 1. The topological polar surface area (TPSA) is 79.5 Å². The van der Waals surface area contributed by atoms with Gasteiger partial charge in [0.1, 0.15) is 6.10 Å².